The normalized spacial score (nSPS) is 16.2. The van der Waals surface area contributed by atoms with Crippen molar-refractivity contribution < 1.29 is 9.21 Å². The van der Waals surface area contributed by atoms with Gasteiger partial charge in [-0.25, -0.2) is 9.97 Å². The van der Waals surface area contributed by atoms with Gasteiger partial charge in [0.1, 0.15) is 10.5 Å². The van der Waals surface area contributed by atoms with Gasteiger partial charge in [-0.05, 0) is 72.7 Å². The molecule has 11 nitrogen and oxygen atoms in total. The summed E-state index contributed by atoms with van der Waals surface area (Å²) in [5.74, 6) is 1.07. The molecule has 12 heteroatoms. The summed E-state index contributed by atoms with van der Waals surface area (Å²) in [5.41, 5.74) is 5.70. The van der Waals surface area contributed by atoms with Gasteiger partial charge in [-0.3, -0.25) is 9.78 Å². The van der Waals surface area contributed by atoms with Gasteiger partial charge in [-0.15, -0.1) is 0 Å². The third-order valence-electron chi connectivity index (χ3n) is 7.31. The highest BCUT2D eigenvalue weighted by Crippen LogP contribution is 2.31. The van der Waals surface area contributed by atoms with Crippen molar-refractivity contribution in [2.24, 2.45) is 5.92 Å². The molecule has 1 atom stereocenters. The number of carbonyl (C=O) groups excluding carboxylic acids is 1. The fourth-order valence-corrected chi connectivity index (χ4v) is 5.42. The molecule has 7 rings (SSSR count). The summed E-state index contributed by atoms with van der Waals surface area (Å²) in [5, 5.41) is 10.0. The lowest BCUT2D eigenvalue weighted by atomic mass is 10.0. The maximum Gasteiger partial charge on any atom is 0.299 e. The van der Waals surface area contributed by atoms with Crippen molar-refractivity contribution in [3.05, 3.63) is 77.3 Å². The van der Waals surface area contributed by atoms with Gasteiger partial charge in [0.15, 0.2) is 5.82 Å². The third-order valence-corrected chi connectivity index (χ3v) is 7.58. The summed E-state index contributed by atoms with van der Waals surface area (Å²) in [7, 11) is 0. The minimum absolute atomic E-state index is 0.0210. The molecule has 0 saturated carbocycles. The highest BCUT2D eigenvalue weighted by atomic mass is 35.5. The van der Waals surface area contributed by atoms with E-state index in [4.69, 9.17) is 16.0 Å². The van der Waals surface area contributed by atoms with Crippen molar-refractivity contribution in [1.29, 1.82) is 0 Å². The van der Waals surface area contributed by atoms with Crippen LogP contribution in [0.1, 0.15) is 24.0 Å². The van der Waals surface area contributed by atoms with Gasteiger partial charge in [0.2, 0.25) is 17.6 Å². The smallest absolute Gasteiger partial charge is 0.299 e. The minimum Gasteiger partial charge on any atom is -0.404 e. The molecule has 0 unspecified atom stereocenters. The van der Waals surface area contributed by atoms with Crippen LogP contribution in [-0.2, 0) is 17.6 Å². The number of halogens is 1. The Balaban J connectivity index is 1.08. The zero-order chi connectivity index (χ0) is 27.8. The van der Waals surface area contributed by atoms with Gasteiger partial charge < -0.3 is 25.3 Å². The van der Waals surface area contributed by atoms with Crippen LogP contribution in [0.25, 0.3) is 11.2 Å². The molecule has 0 aliphatic carbocycles. The summed E-state index contributed by atoms with van der Waals surface area (Å²) in [4.78, 5) is 37.2. The Bertz CT molecular complexity index is 1720. The Kier molecular flexibility index (Phi) is 6.56. The summed E-state index contributed by atoms with van der Waals surface area (Å²) in [6.45, 7) is 1.49. The molecule has 0 radical (unpaired) electrons. The standard InChI is InChI=1S/C29H26ClN9O2/c30-22-15-33-28-35-21-10-17(13-31-14-21)3-4-19-12-20(34-26(22)38-28)5-6-23(19)36-25(40)11-18-7-9-39(16-18)29-37-24-2-1-8-32-27(24)41-29/h1-2,5-6,8,10,12-15,18H,3-4,7,9,11,16H2,(H,36,40)(H2,33,34,35,38)/t18-/m1/s1. The number of nitrogens with zero attached hydrogens (tertiary/aromatic N) is 6. The van der Waals surface area contributed by atoms with Crippen molar-refractivity contribution >= 4 is 63.6 Å². The number of fused-ring (bicyclic) bond motifs is 7. The van der Waals surface area contributed by atoms with E-state index in [1.807, 2.05) is 42.6 Å². The molecule has 6 bridgehead atoms. The molecule has 41 heavy (non-hydrogen) atoms. The summed E-state index contributed by atoms with van der Waals surface area (Å²) in [6.07, 6.45) is 9.55. The van der Waals surface area contributed by atoms with Gasteiger partial charge >= 0.3 is 0 Å². The second-order valence-corrected chi connectivity index (χ2v) is 10.7. The molecule has 5 aromatic rings. The fourth-order valence-electron chi connectivity index (χ4n) is 5.28. The Morgan fingerprint density at radius 1 is 1.07 bits per heavy atom. The monoisotopic (exact) mass is 567 g/mol. The average molecular weight is 568 g/mol. The number of pyridine rings is 2. The summed E-state index contributed by atoms with van der Waals surface area (Å²) >= 11 is 6.38. The van der Waals surface area contributed by atoms with Crippen LogP contribution in [0.3, 0.4) is 0 Å². The fraction of sp³-hybridized carbons (Fsp3) is 0.241. The summed E-state index contributed by atoms with van der Waals surface area (Å²) in [6, 6.07) is 12.2. The SMILES string of the molecule is O=C(C[C@H]1CCN(c2nc3cccnc3o2)C1)Nc1ccc2cc1CCc1cncc(c1)Nc1ncc(Cl)c(n1)N2. The van der Waals surface area contributed by atoms with Gasteiger partial charge in [-0.1, -0.05) is 11.6 Å². The van der Waals surface area contributed by atoms with Crippen LogP contribution in [0.15, 0.2) is 65.6 Å². The largest absolute Gasteiger partial charge is 0.404 e. The van der Waals surface area contributed by atoms with Crippen LogP contribution in [0.2, 0.25) is 5.02 Å². The molecular weight excluding hydrogens is 542 g/mol. The number of aryl methyl sites for hydroxylation is 2. The van der Waals surface area contributed by atoms with E-state index in [0.717, 1.165) is 53.1 Å². The number of aromatic nitrogens is 5. The topological polar surface area (TPSA) is 134 Å². The van der Waals surface area contributed by atoms with Crippen LogP contribution in [0.5, 0.6) is 0 Å². The van der Waals surface area contributed by atoms with Crippen molar-refractivity contribution in [3.8, 4) is 0 Å². The first-order valence-corrected chi connectivity index (χ1v) is 13.8. The number of rotatable bonds is 4. The number of nitrogens with one attached hydrogen (secondary N) is 3. The van der Waals surface area contributed by atoms with Gasteiger partial charge in [-0.2, -0.15) is 9.97 Å². The van der Waals surface area contributed by atoms with Crippen LogP contribution in [-0.4, -0.2) is 43.9 Å². The van der Waals surface area contributed by atoms with E-state index >= 15 is 0 Å². The van der Waals surface area contributed by atoms with Crippen LogP contribution < -0.4 is 20.9 Å². The van der Waals surface area contributed by atoms with E-state index in [-0.39, 0.29) is 11.8 Å². The van der Waals surface area contributed by atoms with Crippen molar-refractivity contribution in [1.82, 2.24) is 24.9 Å². The number of oxazole rings is 1. The summed E-state index contributed by atoms with van der Waals surface area (Å²) < 4.78 is 5.82. The Hall–Kier alpha value is -4.77. The van der Waals surface area contributed by atoms with Crippen LogP contribution in [0, 0.1) is 5.92 Å². The average Bonchev–Trinajstić information content (AvgIpc) is 3.62. The molecular formula is C29H26ClN9O2. The number of benzene rings is 1. The number of amides is 1. The van der Waals surface area contributed by atoms with Crippen molar-refractivity contribution in [2.45, 2.75) is 25.7 Å². The lowest BCUT2D eigenvalue weighted by Gasteiger charge is -2.16. The first-order chi connectivity index (χ1) is 20.1. The molecule has 1 fully saturated rings. The maximum absolute atomic E-state index is 13.2. The van der Waals surface area contributed by atoms with Crippen LogP contribution >= 0.6 is 11.6 Å². The van der Waals surface area contributed by atoms with E-state index in [1.54, 1.807) is 18.6 Å². The van der Waals surface area contributed by atoms with Crippen LogP contribution in [0.4, 0.5) is 34.8 Å². The van der Waals surface area contributed by atoms with Gasteiger partial charge in [0.05, 0.1) is 18.1 Å². The highest BCUT2D eigenvalue weighted by molar-refractivity contribution is 6.32. The zero-order valence-electron chi connectivity index (χ0n) is 22.0. The molecule has 0 spiro atoms. The molecule has 6 heterocycles. The maximum atomic E-state index is 13.2. The lowest BCUT2D eigenvalue weighted by molar-refractivity contribution is -0.116. The Labute approximate surface area is 240 Å². The molecule has 4 aromatic heterocycles. The van der Waals surface area contributed by atoms with E-state index in [0.29, 0.717) is 47.9 Å². The predicted octanol–water partition coefficient (Wildman–Crippen LogP) is 5.50. The predicted molar refractivity (Wildman–Crippen MR) is 157 cm³/mol. The first kappa shape index (κ1) is 25.2. The third kappa shape index (κ3) is 5.48. The number of hydrogen-bond acceptors (Lipinski definition) is 10. The molecule has 1 saturated heterocycles. The molecule has 1 amide bonds. The number of hydrogen-bond donors (Lipinski definition) is 3. The highest BCUT2D eigenvalue weighted by Gasteiger charge is 2.28. The van der Waals surface area contributed by atoms with Crippen molar-refractivity contribution in [3.63, 3.8) is 0 Å². The van der Waals surface area contributed by atoms with Gasteiger partial charge in [0.25, 0.3) is 6.01 Å². The molecule has 2 aliphatic rings. The van der Waals surface area contributed by atoms with E-state index in [1.165, 1.54) is 0 Å². The zero-order valence-corrected chi connectivity index (χ0v) is 22.7. The second-order valence-electron chi connectivity index (χ2n) is 10.3. The quantitative estimate of drug-likeness (QED) is 0.255. The number of anilines is 6. The molecule has 1 aromatic carbocycles. The second kappa shape index (κ2) is 10.7. The molecule has 3 N–H and O–H groups in total. The lowest BCUT2D eigenvalue weighted by Crippen LogP contribution is -2.22. The molecule has 2 aliphatic heterocycles. The van der Waals surface area contributed by atoms with Gasteiger partial charge in [0, 0.05) is 43.3 Å². The first-order valence-electron chi connectivity index (χ1n) is 13.5. The Morgan fingerprint density at radius 3 is 2.95 bits per heavy atom. The number of carbonyl (C=O) groups is 1. The van der Waals surface area contributed by atoms with E-state index in [9.17, 15) is 4.79 Å². The molecule has 206 valence electrons. The van der Waals surface area contributed by atoms with Crippen molar-refractivity contribution in [2.75, 3.05) is 33.9 Å². The van der Waals surface area contributed by atoms with E-state index in [2.05, 4.69) is 45.8 Å². The Morgan fingerprint density at radius 2 is 2.02 bits per heavy atom. The van der Waals surface area contributed by atoms with E-state index < -0.39 is 0 Å². The minimum atomic E-state index is -0.0210.